The molecule has 2 N–H and O–H groups in total. The summed E-state index contributed by atoms with van der Waals surface area (Å²) < 4.78 is 16.7. The van der Waals surface area contributed by atoms with Gasteiger partial charge in [0.2, 0.25) is 0 Å². The zero-order valence-corrected chi connectivity index (χ0v) is 15.9. The highest BCUT2D eigenvalue weighted by Gasteiger charge is 2.47. The minimum absolute atomic E-state index is 0.272. The third-order valence-electron chi connectivity index (χ3n) is 3.54. The molecule has 1 fully saturated rings. The number of hydrogen-bond acceptors (Lipinski definition) is 6. The first-order valence-corrected chi connectivity index (χ1v) is 9.93. The van der Waals surface area contributed by atoms with E-state index in [1.165, 1.54) is 0 Å². The Morgan fingerprint density at radius 1 is 1.25 bits per heavy atom. The molecule has 10 heteroatoms. The number of amides is 5. The molecule has 5 amide bonds. The molecule has 0 unspecified atom stereocenters. The monoisotopic (exact) mass is 361 g/mol. The molecule has 0 atom stereocenters. The molecule has 0 aromatic rings. The van der Waals surface area contributed by atoms with Crippen LogP contribution in [0.1, 0.15) is 34.1 Å². The van der Waals surface area contributed by atoms with Gasteiger partial charge in [-0.2, -0.15) is 4.90 Å². The van der Waals surface area contributed by atoms with Crippen molar-refractivity contribution in [3.05, 3.63) is 0 Å². The fourth-order valence-electron chi connectivity index (χ4n) is 2.36. The van der Waals surface area contributed by atoms with Crippen LogP contribution in [-0.4, -0.2) is 64.1 Å². The van der Waals surface area contributed by atoms with E-state index in [0.717, 1.165) is 0 Å². The minimum Gasteiger partial charge on any atom is -0.377 e. The first-order valence-electron chi connectivity index (χ1n) is 8.00. The third kappa shape index (κ3) is 4.76. The number of carbonyl (C=O) groups excluding carboxylic acids is 3. The summed E-state index contributed by atoms with van der Waals surface area (Å²) >= 11 is 0. The summed E-state index contributed by atoms with van der Waals surface area (Å²) in [6, 6.07) is -0.927. The number of nitrogens with zero attached hydrogens (tertiary/aromatic N) is 1. The molecule has 1 heterocycles. The lowest BCUT2D eigenvalue weighted by atomic mass is 10.1. The standard InChI is InChI=1S/C14H27N3O6Si/c1-6-22-24(21-5,23-7-2)10-8-9-15-12(19)17-11(18)14(3,4)16-13(17)20/h6-10H2,1-5H3,(H,15,19)(H,16,20). The van der Waals surface area contributed by atoms with E-state index in [2.05, 4.69) is 10.6 Å². The molecule has 1 rings (SSSR count). The Labute approximate surface area is 143 Å². The van der Waals surface area contributed by atoms with Crippen LogP contribution in [0.5, 0.6) is 0 Å². The quantitative estimate of drug-likeness (QED) is 0.361. The Morgan fingerprint density at radius 3 is 2.25 bits per heavy atom. The fourth-order valence-corrected chi connectivity index (χ4v) is 4.66. The van der Waals surface area contributed by atoms with E-state index < -0.39 is 32.3 Å². The highest BCUT2D eigenvalue weighted by molar-refractivity contribution is 6.60. The second-order valence-electron chi connectivity index (χ2n) is 5.78. The van der Waals surface area contributed by atoms with Crippen molar-refractivity contribution in [3.8, 4) is 0 Å². The summed E-state index contributed by atoms with van der Waals surface area (Å²) in [5, 5.41) is 5.02. The summed E-state index contributed by atoms with van der Waals surface area (Å²) in [6.07, 6.45) is 0.541. The highest BCUT2D eigenvalue weighted by Crippen LogP contribution is 2.18. The number of hydrogen-bond donors (Lipinski definition) is 2. The number of nitrogens with one attached hydrogen (secondary N) is 2. The molecule has 1 aliphatic heterocycles. The summed E-state index contributed by atoms with van der Waals surface area (Å²) in [5.74, 6) is -0.575. The van der Waals surface area contributed by atoms with Gasteiger partial charge in [0, 0.05) is 32.9 Å². The van der Waals surface area contributed by atoms with Gasteiger partial charge in [-0.25, -0.2) is 9.59 Å². The topological polar surface area (TPSA) is 106 Å². The van der Waals surface area contributed by atoms with Gasteiger partial charge in [0.1, 0.15) is 5.54 Å². The van der Waals surface area contributed by atoms with Crippen molar-refractivity contribution in [3.63, 3.8) is 0 Å². The molecule has 138 valence electrons. The van der Waals surface area contributed by atoms with Crippen LogP contribution in [0.4, 0.5) is 9.59 Å². The lowest BCUT2D eigenvalue weighted by Crippen LogP contribution is -2.47. The fraction of sp³-hybridized carbons (Fsp3) is 0.786. The van der Waals surface area contributed by atoms with E-state index >= 15 is 0 Å². The van der Waals surface area contributed by atoms with Crippen LogP contribution in [0.25, 0.3) is 0 Å². The summed E-state index contributed by atoms with van der Waals surface area (Å²) in [5.41, 5.74) is -1.07. The second-order valence-corrected chi connectivity index (χ2v) is 8.64. The number of rotatable bonds is 9. The Kier molecular flexibility index (Phi) is 7.33. The maximum Gasteiger partial charge on any atom is 0.500 e. The number of carbonyl (C=O) groups is 3. The first kappa shape index (κ1) is 20.6. The Bertz CT molecular complexity index is 479. The summed E-state index contributed by atoms with van der Waals surface area (Å²) in [7, 11) is -1.19. The van der Waals surface area contributed by atoms with E-state index in [4.69, 9.17) is 13.3 Å². The predicted molar refractivity (Wildman–Crippen MR) is 88.3 cm³/mol. The lowest BCUT2D eigenvalue weighted by Gasteiger charge is -2.27. The molecule has 1 saturated heterocycles. The molecule has 0 bridgehead atoms. The molecular weight excluding hydrogens is 334 g/mol. The van der Waals surface area contributed by atoms with E-state index in [9.17, 15) is 14.4 Å². The SMILES string of the molecule is CCO[Si](CCCNC(=O)N1C(=O)NC(C)(C)C1=O)(OC)OCC. The van der Waals surface area contributed by atoms with Gasteiger partial charge in [0.25, 0.3) is 5.91 Å². The molecule has 24 heavy (non-hydrogen) atoms. The molecule has 9 nitrogen and oxygen atoms in total. The average molecular weight is 361 g/mol. The van der Waals surface area contributed by atoms with Crippen molar-refractivity contribution < 1.29 is 27.7 Å². The van der Waals surface area contributed by atoms with Crippen molar-refractivity contribution in [1.29, 1.82) is 0 Å². The molecule has 1 aliphatic rings. The smallest absolute Gasteiger partial charge is 0.377 e. The first-order chi connectivity index (χ1) is 11.2. The maximum atomic E-state index is 12.1. The van der Waals surface area contributed by atoms with Crippen molar-refractivity contribution in [2.75, 3.05) is 26.9 Å². The van der Waals surface area contributed by atoms with Crippen LogP contribution in [0.3, 0.4) is 0 Å². The predicted octanol–water partition coefficient (Wildman–Crippen LogP) is 1.07. The van der Waals surface area contributed by atoms with Crippen molar-refractivity contribution in [2.45, 2.75) is 45.7 Å². The van der Waals surface area contributed by atoms with Crippen molar-refractivity contribution in [1.82, 2.24) is 15.5 Å². The zero-order valence-electron chi connectivity index (χ0n) is 14.9. The molecule has 0 aliphatic carbocycles. The number of imide groups is 3. The molecular formula is C14H27N3O6Si. The van der Waals surface area contributed by atoms with Crippen LogP contribution < -0.4 is 10.6 Å². The maximum absolute atomic E-state index is 12.1. The van der Waals surface area contributed by atoms with Gasteiger partial charge in [-0.3, -0.25) is 4.79 Å². The van der Waals surface area contributed by atoms with Crippen LogP contribution in [0, 0.1) is 0 Å². The van der Waals surface area contributed by atoms with Crippen molar-refractivity contribution in [2.24, 2.45) is 0 Å². The van der Waals surface area contributed by atoms with Crippen molar-refractivity contribution >= 4 is 26.8 Å². The lowest BCUT2D eigenvalue weighted by molar-refractivity contribution is -0.128. The molecule has 0 spiro atoms. The van der Waals surface area contributed by atoms with Gasteiger partial charge < -0.3 is 23.9 Å². The van der Waals surface area contributed by atoms with Gasteiger partial charge in [-0.05, 0) is 34.1 Å². The van der Waals surface area contributed by atoms with E-state index in [1.54, 1.807) is 21.0 Å². The largest absolute Gasteiger partial charge is 0.500 e. The average Bonchev–Trinajstić information content (AvgIpc) is 2.71. The van der Waals surface area contributed by atoms with Crippen LogP contribution >= 0.6 is 0 Å². The molecule has 0 aromatic carbocycles. The summed E-state index contributed by atoms with van der Waals surface area (Å²) in [4.78, 5) is 36.4. The van der Waals surface area contributed by atoms with Crippen LogP contribution in [-0.2, 0) is 18.1 Å². The molecule has 0 radical (unpaired) electrons. The van der Waals surface area contributed by atoms with Crippen LogP contribution in [0.15, 0.2) is 0 Å². The van der Waals surface area contributed by atoms with Gasteiger partial charge in [0.05, 0.1) is 0 Å². The van der Waals surface area contributed by atoms with Gasteiger partial charge in [-0.15, -0.1) is 0 Å². The summed E-state index contributed by atoms with van der Waals surface area (Å²) in [6.45, 7) is 8.04. The molecule has 0 aromatic heterocycles. The highest BCUT2D eigenvalue weighted by atomic mass is 28.4. The molecule has 0 saturated carbocycles. The minimum atomic E-state index is -2.73. The normalized spacial score (nSPS) is 17.1. The number of urea groups is 2. The van der Waals surface area contributed by atoms with Gasteiger partial charge >= 0.3 is 20.9 Å². The second kappa shape index (κ2) is 8.56. The van der Waals surface area contributed by atoms with E-state index in [-0.39, 0.29) is 6.54 Å². The van der Waals surface area contributed by atoms with Crippen LogP contribution in [0.2, 0.25) is 6.04 Å². The van der Waals surface area contributed by atoms with Gasteiger partial charge in [0.15, 0.2) is 0 Å². The Balaban J connectivity index is 2.51. The Hall–Kier alpha value is -1.49. The zero-order chi connectivity index (χ0) is 18.4. The van der Waals surface area contributed by atoms with E-state index in [0.29, 0.717) is 30.6 Å². The third-order valence-corrected chi connectivity index (χ3v) is 6.58. The van der Waals surface area contributed by atoms with Gasteiger partial charge in [-0.1, -0.05) is 0 Å². The Morgan fingerprint density at radius 2 is 1.83 bits per heavy atom. The van der Waals surface area contributed by atoms with E-state index in [1.807, 2.05) is 13.8 Å².